The molecule has 0 unspecified atom stereocenters. The maximum absolute atomic E-state index is 14.1. The van der Waals surface area contributed by atoms with E-state index in [0.29, 0.717) is 36.0 Å². The number of rotatable bonds is 7. The van der Waals surface area contributed by atoms with Crippen molar-refractivity contribution in [3.63, 3.8) is 0 Å². The van der Waals surface area contributed by atoms with E-state index in [0.717, 1.165) is 6.07 Å². The molecule has 0 aliphatic heterocycles. The van der Waals surface area contributed by atoms with Crippen LogP contribution in [0.2, 0.25) is 0 Å². The summed E-state index contributed by atoms with van der Waals surface area (Å²) in [5.74, 6) is -1.06. The van der Waals surface area contributed by atoms with E-state index in [9.17, 15) is 13.6 Å². The molecule has 2 aromatic heterocycles. The van der Waals surface area contributed by atoms with E-state index in [4.69, 9.17) is 0 Å². The maximum atomic E-state index is 14.1. The van der Waals surface area contributed by atoms with Crippen LogP contribution in [0.3, 0.4) is 0 Å². The molecule has 0 radical (unpaired) electrons. The minimum absolute atomic E-state index is 0.113. The van der Waals surface area contributed by atoms with Crippen LogP contribution in [0.4, 0.5) is 14.7 Å². The fourth-order valence-electron chi connectivity index (χ4n) is 2.81. The summed E-state index contributed by atoms with van der Waals surface area (Å²) < 4.78 is 28.6. The van der Waals surface area contributed by atoms with E-state index >= 15 is 0 Å². The van der Waals surface area contributed by atoms with Gasteiger partial charge in [0.25, 0.3) is 0 Å². The Balaban J connectivity index is 1.61. The molecular weight excluding hydrogens is 366 g/mol. The fourth-order valence-corrected chi connectivity index (χ4v) is 2.81. The number of aryl methyl sites for hydroxylation is 1. The van der Waals surface area contributed by atoms with Crippen LogP contribution in [0, 0.1) is 25.5 Å². The number of hydrogen-bond acceptors (Lipinski definition) is 5. The number of carbonyl (C=O) groups excluding carboxylic acids is 1. The summed E-state index contributed by atoms with van der Waals surface area (Å²) in [6.45, 7) is 4.38. The third kappa shape index (κ3) is 4.48. The van der Waals surface area contributed by atoms with Crippen molar-refractivity contribution < 1.29 is 13.6 Å². The van der Waals surface area contributed by atoms with Crippen molar-refractivity contribution in [3.8, 4) is 5.69 Å². The monoisotopic (exact) mass is 386 g/mol. The highest BCUT2D eigenvalue weighted by Gasteiger charge is 2.18. The molecule has 0 atom stereocenters. The van der Waals surface area contributed by atoms with Crippen molar-refractivity contribution in [2.45, 2.75) is 20.3 Å². The Labute approximate surface area is 160 Å². The summed E-state index contributed by atoms with van der Waals surface area (Å²) >= 11 is 0. The van der Waals surface area contributed by atoms with Crippen LogP contribution in [0.1, 0.15) is 17.0 Å². The SMILES string of the molecule is Cc1nn(-c2ccc(F)cc2F)c(C)c1CC(=O)NCCNc1ncccn1. The predicted molar refractivity (Wildman–Crippen MR) is 100 cm³/mol. The van der Waals surface area contributed by atoms with Gasteiger partial charge in [0.15, 0.2) is 5.82 Å². The average molecular weight is 386 g/mol. The largest absolute Gasteiger partial charge is 0.354 e. The molecule has 0 aliphatic carbocycles. The van der Waals surface area contributed by atoms with Gasteiger partial charge in [-0.2, -0.15) is 5.10 Å². The van der Waals surface area contributed by atoms with Crippen LogP contribution >= 0.6 is 0 Å². The molecule has 0 bridgehead atoms. The highest BCUT2D eigenvalue weighted by atomic mass is 19.1. The molecular formula is C19H20F2N6O. The third-order valence-electron chi connectivity index (χ3n) is 4.21. The molecule has 1 amide bonds. The molecule has 0 aliphatic rings. The van der Waals surface area contributed by atoms with Gasteiger partial charge in [0, 0.05) is 42.8 Å². The molecule has 3 rings (SSSR count). The lowest BCUT2D eigenvalue weighted by Crippen LogP contribution is -2.30. The fraction of sp³-hybridized carbons (Fsp3) is 0.263. The first kappa shape index (κ1) is 19.4. The second kappa shape index (κ2) is 8.55. The standard InChI is InChI=1S/C19H20F2N6O/c1-12-15(11-18(28)22-8-9-25-19-23-6-3-7-24-19)13(2)27(26-12)17-5-4-14(20)10-16(17)21/h3-7,10H,8-9,11H2,1-2H3,(H,22,28)(H,23,24,25). The van der Waals surface area contributed by atoms with Crippen LogP contribution in [-0.2, 0) is 11.2 Å². The smallest absolute Gasteiger partial charge is 0.224 e. The summed E-state index contributed by atoms with van der Waals surface area (Å²) in [5.41, 5.74) is 2.10. The highest BCUT2D eigenvalue weighted by molar-refractivity contribution is 5.79. The van der Waals surface area contributed by atoms with Crippen LogP contribution in [0.15, 0.2) is 36.7 Å². The normalized spacial score (nSPS) is 10.7. The Kier molecular flexibility index (Phi) is 5.93. The summed E-state index contributed by atoms with van der Waals surface area (Å²) in [5, 5.41) is 10.1. The first-order chi connectivity index (χ1) is 13.5. The number of nitrogens with one attached hydrogen (secondary N) is 2. The van der Waals surface area contributed by atoms with Crippen molar-refractivity contribution in [3.05, 3.63) is 65.2 Å². The van der Waals surface area contributed by atoms with Gasteiger partial charge in [0.2, 0.25) is 11.9 Å². The van der Waals surface area contributed by atoms with Gasteiger partial charge < -0.3 is 10.6 Å². The second-order valence-corrected chi connectivity index (χ2v) is 6.18. The molecule has 146 valence electrons. The molecule has 0 saturated heterocycles. The average Bonchev–Trinajstić information content (AvgIpc) is 2.94. The van der Waals surface area contributed by atoms with Gasteiger partial charge in [-0.1, -0.05) is 0 Å². The quantitative estimate of drug-likeness (QED) is 0.609. The van der Waals surface area contributed by atoms with E-state index in [2.05, 4.69) is 25.7 Å². The van der Waals surface area contributed by atoms with Gasteiger partial charge >= 0.3 is 0 Å². The van der Waals surface area contributed by atoms with Gasteiger partial charge in [0.1, 0.15) is 11.5 Å². The zero-order valence-electron chi connectivity index (χ0n) is 15.5. The van der Waals surface area contributed by atoms with E-state index < -0.39 is 11.6 Å². The molecule has 2 heterocycles. The van der Waals surface area contributed by atoms with Crippen LogP contribution in [-0.4, -0.2) is 38.7 Å². The molecule has 1 aromatic carbocycles. The second-order valence-electron chi connectivity index (χ2n) is 6.18. The Morgan fingerprint density at radius 3 is 2.61 bits per heavy atom. The predicted octanol–water partition coefficient (Wildman–Crippen LogP) is 2.33. The minimum atomic E-state index is -0.712. The highest BCUT2D eigenvalue weighted by Crippen LogP contribution is 2.21. The Bertz CT molecular complexity index is 974. The van der Waals surface area contributed by atoms with Crippen molar-refractivity contribution in [2.75, 3.05) is 18.4 Å². The number of carbonyl (C=O) groups is 1. The molecule has 0 saturated carbocycles. The van der Waals surface area contributed by atoms with E-state index in [1.807, 2.05) is 0 Å². The summed E-state index contributed by atoms with van der Waals surface area (Å²) in [7, 11) is 0. The van der Waals surface area contributed by atoms with Gasteiger partial charge in [-0.05, 0) is 32.0 Å². The topological polar surface area (TPSA) is 84.7 Å². The summed E-state index contributed by atoms with van der Waals surface area (Å²) in [4.78, 5) is 20.3. The van der Waals surface area contributed by atoms with Gasteiger partial charge in [0.05, 0.1) is 12.1 Å². The van der Waals surface area contributed by atoms with Gasteiger partial charge in [-0.3, -0.25) is 4.79 Å². The number of amides is 1. The molecule has 9 heteroatoms. The Morgan fingerprint density at radius 2 is 1.89 bits per heavy atom. The number of halogens is 2. The molecule has 2 N–H and O–H groups in total. The van der Waals surface area contributed by atoms with Crippen LogP contribution in [0.5, 0.6) is 0 Å². The minimum Gasteiger partial charge on any atom is -0.354 e. The lowest BCUT2D eigenvalue weighted by Gasteiger charge is -2.08. The molecule has 0 spiro atoms. The molecule has 0 fully saturated rings. The Morgan fingerprint density at radius 1 is 1.14 bits per heavy atom. The van der Waals surface area contributed by atoms with Crippen molar-refractivity contribution in [1.29, 1.82) is 0 Å². The van der Waals surface area contributed by atoms with E-state index in [1.165, 1.54) is 16.8 Å². The van der Waals surface area contributed by atoms with Crippen molar-refractivity contribution >= 4 is 11.9 Å². The number of benzene rings is 1. The lowest BCUT2D eigenvalue weighted by molar-refractivity contribution is -0.120. The maximum Gasteiger partial charge on any atom is 0.224 e. The van der Waals surface area contributed by atoms with Crippen LogP contribution in [0.25, 0.3) is 5.69 Å². The lowest BCUT2D eigenvalue weighted by atomic mass is 10.1. The molecule has 7 nitrogen and oxygen atoms in total. The number of hydrogen-bond donors (Lipinski definition) is 2. The van der Waals surface area contributed by atoms with E-state index in [1.54, 1.807) is 32.3 Å². The number of aromatic nitrogens is 4. The third-order valence-corrected chi connectivity index (χ3v) is 4.21. The zero-order valence-corrected chi connectivity index (χ0v) is 15.5. The van der Waals surface area contributed by atoms with Gasteiger partial charge in [-0.25, -0.2) is 23.4 Å². The number of nitrogens with zero attached hydrogens (tertiary/aromatic N) is 4. The number of anilines is 1. The Hall–Kier alpha value is -3.36. The zero-order chi connectivity index (χ0) is 20.1. The van der Waals surface area contributed by atoms with Crippen molar-refractivity contribution in [2.24, 2.45) is 0 Å². The molecule has 3 aromatic rings. The van der Waals surface area contributed by atoms with Crippen molar-refractivity contribution in [1.82, 2.24) is 25.1 Å². The summed E-state index contributed by atoms with van der Waals surface area (Å²) in [6.07, 6.45) is 3.37. The van der Waals surface area contributed by atoms with Crippen LogP contribution < -0.4 is 10.6 Å². The first-order valence-corrected chi connectivity index (χ1v) is 8.74. The van der Waals surface area contributed by atoms with Gasteiger partial charge in [-0.15, -0.1) is 0 Å². The van der Waals surface area contributed by atoms with E-state index in [-0.39, 0.29) is 18.0 Å². The molecule has 28 heavy (non-hydrogen) atoms. The summed E-state index contributed by atoms with van der Waals surface area (Å²) in [6, 6.07) is 5.02. The first-order valence-electron chi connectivity index (χ1n) is 8.74.